The van der Waals surface area contributed by atoms with Crippen molar-refractivity contribution in [3.8, 4) is 0 Å². The molecular weight excluding hydrogens is 243 g/mol. The van der Waals surface area contributed by atoms with Crippen LogP contribution in [0.5, 0.6) is 0 Å². The van der Waals surface area contributed by atoms with E-state index in [0.717, 1.165) is 12.4 Å². The van der Waals surface area contributed by atoms with Gasteiger partial charge in [0.2, 0.25) is 0 Å². The van der Waals surface area contributed by atoms with Crippen LogP contribution in [0.2, 0.25) is 0 Å². The van der Waals surface area contributed by atoms with Crippen LogP contribution in [-0.2, 0) is 0 Å². The molecule has 18 heavy (non-hydrogen) atoms. The van der Waals surface area contributed by atoms with E-state index in [1.54, 1.807) is 0 Å². The van der Waals surface area contributed by atoms with Gasteiger partial charge in [-0.2, -0.15) is 0 Å². The van der Waals surface area contributed by atoms with Crippen molar-refractivity contribution in [3.63, 3.8) is 0 Å². The quantitative estimate of drug-likeness (QED) is 0.438. The van der Waals surface area contributed by atoms with Gasteiger partial charge in [0.15, 0.2) is 0 Å². The van der Waals surface area contributed by atoms with Gasteiger partial charge in [0, 0.05) is 19.6 Å². The predicted octanol–water partition coefficient (Wildman–Crippen LogP) is 3.02. The molecule has 1 rings (SSSR count). The van der Waals surface area contributed by atoms with Crippen LogP contribution in [0.3, 0.4) is 0 Å². The summed E-state index contributed by atoms with van der Waals surface area (Å²) in [5.74, 6) is 1.16. The van der Waals surface area contributed by atoms with Crippen LogP contribution in [0.15, 0.2) is 4.99 Å². The third kappa shape index (κ3) is 4.18. The molecule has 0 unspecified atom stereocenters. The van der Waals surface area contributed by atoms with Gasteiger partial charge in [0.05, 0.1) is 5.54 Å². The first kappa shape index (κ1) is 15.9. The molecule has 0 radical (unpaired) electrons. The third-order valence-corrected chi connectivity index (χ3v) is 5.59. The maximum absolute atomic E-state index is 4.83. The lowest BCUT2D eigenvalue weighted by atomic mass is 10.1. The lowest BCUT2D eigenvalue weighted by Gasteiger charge is -2.45. The van der Waals surface area contributed by atoms with E-state index in [9.17, 15) is 0 Å². The Labute approximate surface area is 114 Å². The van der Waals surface area contributed by atoms with Crippen molar-refractivity contribution < 1.29 is 0 Å². The van der Waals surface area contributed by atoms with Crippen molar-refractivity contribution in [3.05, 3.63) is 0 Å². The molecular formula is C13H29N4P. The normalized spacial score (nSPS) is 21.4. The van der Waals surface area contributed by atoms with Crippen LogP contribution in [0.1, 0.15) is 41.0 Å². The Morgan fingerprint density at radius 1 is 1.22 bits per heavy atom. The highest BCUT2D eigenvalue weighted by Gasteiger charge is 2.30. The fraction of sp³-hybridized carbons (Fsp3) is 0.923. The molecule has 0 saturated carbocycles. The smallest absolute Gasteiger partial charge is 0.149 e. The lowest BCUT2D eigenvalue weighted by Crippen LogP contribution is -2.42. The van der Waals surface area contributed by atoms with E-state index in [0.29, 0.717) is 0 Å². The summed E-state index contributed by atoms with van der Waals surface area (Å²) in [4.78, 5) is 4.83. The maximum Gasteiger partial charge on any atom is 0.149 e. The third-order valence-electron chi connectivity index (χ3n) is 2.96. The van der Waals surface area contributed by atoms with Crippen molar-refractivity contribution in [1.82, 2.24) is 14.0 Å². The molecule has 0 N–H and O–H groups in total. The van der Waals surface area contributed by atoms with Crippen molar-refractivity contribution >= 4 is 14.2 Å². The Balaban J connectivity index is 2.91. The number of nitrogens with zero attached hydrogens (tertiary/aromatic N) is 4. The monoisotopic (exact) mass is 272 g/mol. The zero-order valence-electron chi connectivity index (χ0n) is 13.1. The van der Waals surface area contributed by atoms with Crippen molar-refractivity contribution in [2.45, 2.75) is 46.6 Å². The Hall–Kier alpha value is -0.180. The lowest BCUT2D eigenvalue weighted by molar-refractivity contribution is 0.354. The minimum absolute atomic E-state index is 0.000232. The second-order valence-electron chi connectivity index (χ2n) is 5.93. The van der Waals surface area contributed by atoms with E-state index in [2.05, 4.69) is 62.7 Å². The van der Waals surface area contributed by atoms with E-state index in [4.69, 9.17) is 4.99 Å². The van der Waals surface area contributed by atoms with Crippen LogP contribution in [-0.4, -0.2) is 59.1 Å². The largest absolute Gasteiger partial charge is 0.315 e. The molecule has 1 aliphatic heterocycles. The second kappa shape index (κ2) is 6.31. The number of aliphatic imine (C=N–C) groups is 1. The van der Waals surface area contributed by atoms with Crippen LogP contribution >= 0.6 is 8.37 Å². The minimum Gasteiger partial charge on any atom is -0.315 e. The first-order valence-corrected chi connectivity index (χ1v) is 8.02. The summed E-state index contributed by atoms with van der Waals surface area (Å²) in [7, 11) is 4.08. The Bertz CT molecular complexity index is 288. The standard InChI is InChI=1S/C13H29N4P/c1-8-17(12(2)14-13(3,4)5)18-15(6)10-9-11-16(18)7/h8-11H2,1-7H3. The van der Waals surface area contributed by atoms with Gasteiger partial charge in [0.1, 0.15) is 14.2 Å². The number of hydrogen-bond donors (Lipinski definition) is 0. The molecule has 0 bridgehead atoms. The molecule has 0 amide bonds. The van der Waals surface area contributed by atoms with Gasteiger partial charge in [0.25, 0.3) is 0 Å². The zero-order valence-corrected chi connectivity index (χ0v) is 14.0. The van der Waals surface area contributed by atoms with Gasteiger partial charge in [-0.1, -0.05) is 0 Å². The van der Waals surface area contributed by atoms with E-state index < -0.39 is 0 Å². The van der Waals surface area contributed by atoms with Gasteiger partial charge in [-0.25, -0.2) is 0 Å². The van der Waals surface area contributed by atoms with Crippen molar-refractivity contribution in [2.24, 2.45) is 4.99 Å². The highest BCUT2D eigenvalue weighted by Crippen LogP contribution is 2.48. The fourth-order valence-electron chi connectivity index (χ4n) is 2.36. The number of hydrogen-bond acceptors (Lipinski definition) is 3. The Morgan fingerprint density at radius 3 is 2.11 bits per heavy atom. The molecule has 0 atom stereocenters. The molecule has 1 aliphatic rings. The van der Waals surface area contributed by atoms with Crippen LogP contribution in [0, 0.1) is 0 Å². The Kier molecular flexibility index (Phi) is 5.57. The molecule has 5 heteroatoms. The van der Waals surface area contributed by atoms with Gasteiger partial charge < -0.3 is 4.67 Å². The molecule has 0 aliphatic carbocycles. The average Bonchev–Trinajstić information content (AvgIpc) is 2.20. The molecule has 0 spiro atoms. The van der Waals surface area contributed by atoms with Gasteiger partial charge in [-0.05, 0) is 55.1 Å². The van der Waals surface area contributed by atoms with E-state index in [1.807, 2.05) is 0 Å². The molecule has 1 fully saturated rings. The maximum atomic E-state index is 4.83. The molecule has 0 aromatic rings. The van der Waals surface area contributed by atoms with Gasteiger partial charge >= 0.3 is 0 Å². The second-order valence-corrected chi connectivity index (χ2v) is 8.32. The van der Waals surface area contributed by atoms with Gasteiger partial charge in [-0.3, -0.25) is 14.3 Å². The first-order chi connectivity index (χ1) is 8.26. The van der Waals surface area contributed by atoms with Crippen LogP contribution in [0.4, 0.5) is 0 Å². The molecule has 4 nitrogen and oxygen atoms in total. The summed E-state index contributed by atoms with van der Waals surface area (Å²) in [6, 6.07) is 0. The Morgan fingerprint density at radius 2 is 1.72 bits per heavy atom. The summed E-state index contributed by atoms with van der Waals surface area (Å²) in [5, 5.41) is 0. The van der Waals surface area contributed by atoms with Crippen molar-refractivity contribution in [2.75, 3.05) is 33.7 Å². The topological polar surface area (TPSA) is 22.1 Å². The average molecular weight is 272 g/mol. The summed E-state index contributed by atoms with van der Waals surface area (Å²) < 4.78 is 7.41. The van der Waals surface area contributed by atoms with Crippen LogP contribution < -0.4 is 0 Å². The predicted molar refractivity (Wildman–Crippen MR) is 82.0 cm³/mol. The highest BCUT2D eigenvalue weighted by atomic mass is 31.2. The zero-order chi connectivity index (χ0) is 13.9. The fourth-order valence-corrected chi connectivity index (χ4v) is 4.82. The van der Waals surface area contributed by atoms with Crippen molar-refractivity contribution in [1.29, 1.82) is 0 Å². The molecule has 0 aromatic carbocycles. The molecule has 1 heterocycles. The van der Waals surface area contributed by atoms with E-state index in [-0.39, 0.29) is 13.9 Å². The SMILES string of the molecule is CCN(C(C)=NC(C)(C)C)P1N(C)CCCN1C. The van der Waals surface area contributed by atoms with Crippen LogP contribution in [0.25, 0.3) is 0 Å². The summed E-state index contributed by atoms with van der Waals surface area (Å²) in [6.07, 6.45) is 1.26. The number of amidine groups is 1. The first-order valence-electron chi connectivity index (χ1n) is 6.82. The summed E-state index contributed by atoms with van der Waals surface area (Å²) in [6.45, 7) is 14.2. The molecule has 106 valence electrons. The minimum atomic E-state index is -0.381. The van der Waals surface area contributed by atoms with E-state index >= 15 is 0 Å². The summed E-state index contributed by atoms with van der Waals surface area (Å²) >= 11 is 0. The molecule has 0 aromatic heterocycles. The number of rotatable bonds is 2. The highest BCUT2D eigenvalue weighted by molar-refractivity contribution is 7.50. The van der Waals surface area contributed by atoms with Gasteiger partial charge in [-0.15, -0.1) is 0 Å². The summed E-state index contributed by atoms with van der Waals surface area (Å²) in [5.41, 5.74) is -0.000232. The molecule has 1 saturated heterocycles. The van der Waals surface area contributed by atoms with E-state index in [1.165, 1.54) is 19.5 Å².